The van der Waals surface area contributed by atoms with Gasteiger partial charge in [0.1, 0.15) is 0 Å². The van der Waals surface area contributed by atoms with Crippen molar-refractivity contribution in [2.24, 2.45) is 11.8 Å². The normalized spacial score (nSPS) is 22.2. The van der Waals surface area contributed by atoms with E-state index in [1.165, 1.54) is 12.1 Å². The number of non-ortho nitro benzene ring substituents is 1. The molecule has 6 heteroatoms. The van der Waals surface area contributed by atoms with Crippen molar-refractivity contribution >= 4 is 17.3 Å². The highest BCUT2D eigenvalue weighted by molar-refractivity contribution is 5.94. The number of carbonyl (C=O) groups is 1. The molecule has 0 spiro atoms. The molecule has 1 aromatic carbocycles. The maximum Gasteiger partial charge on any atom is 0.269 e. The third-order valence-electron chi connectivity index (χ3n) is 3.53. The van der Waals surface area contributed by atoms with Gasteiger partial charge in [0.05, 0.1) is 10.8 Å². The Bertz CT molecular complexity index is 516. The number of anilines is 1. The molecule has 1 aromatic rings. The molecular weight excluding hydrogens is 246 g/mol. The van der Waals surface area contributed by atoms with Crippen molar-refractivity contribution in [2.45, 2.75) is 13.8 Å². The molecule has 1 saturated heterocycles. The highest BCUT2D eigenvalue weighted by Gasteiger charge is 2.29. The molecule has 0 aromatic heterocycles. The standard InChI is InChI=1S/C13H17N3O3/c1-8-5-10(16(18)19)3-4-12(8)15-13(17)11-7-14-6-9(11)2/h3-5,9,11,14H,6-7H2,1-2H3,(H,15,17). The number of nitro groups is 1. The molecule has 1 aliphatic rings. The number of rotatable bonds is 3. The molecule has 2 atom stereocenters. The number of nitro benzene ring substituents is 1. The smallest absolute Gasteiger partial charge is 0.269 e. The van der Waals surface area contributed by atoms with Crippen LogP contribution < -0.4 is 10.6 Å². The lowest BCUT2D eigenvalue weighted by molar-refractivity contribution is -0.384. The van der Waals surface area contributed by atoms with Gasteiger partial charge in [0.2, 0.25) is 5.91 Å². The zero-order valence-corrected chi connectivity index (χ0v) is 11.0. The lowest BCUT2D eigenvalue weighted by Crippen LogP contribution is -2.28. The first-order chi connectivity index (χ1) is 8.99. The number of hydrogen-bond donors (Lipinski definition) is 2. The van der Waals surface area contributed by atoms with E-state index >= 15 is 0 Å². The molecular formula is C13H17N3O3. The summed E-state index contributed by atoms with van der Waals surface area (Å²) in [6, 6.07) is 4.45. The summed E-state index contributed by atoms with van der Waals surface area (Å²) in [5, 5.41) is 16.7. The van der Waals surface area contributed by atoms with Gasteiger partial charge in [-0.05, 0) is 31.0 Å². The molecule has 2 unspecified atom stereocenters. The average Bonchev–Trinajstić information content (AvgIpc) is 2.77. The van der Waals surface area contributed by atoms with Gasteiger partial charge in [0.25, 0.3) is 5.69 Å². The van der Waals surface area contributed by atoms with Crippen LogP contribution in [0.1, 0.15) is 12.5 Å². The van der Waals surface area contributed by atoms with E-state index in [1.807, 2.05) is 6.92 Å². The number of nitrogens with zero attached hydrogens (tertiary/aromatic N) is 1. The molecule has 0 bridgehead atoms. The maximum absolute atomic E-state index is 12.1. The van der Waals surface area contributed by atoms with Gasteiger partial charge >= 0.3 is 0 Å². The zero-order chi connectivity index (χ0) is 14.0. The maximum atomic E-state index is 12.1. The fourth-order valence-electron chi connectivity index (χ4n) is 2.29. The highest BCUT2D eigenvalue weighted by atomic mass is 16.6. The first-order valence-electron chi connectivity index (χ1n) is 6.25. The monoisotopic (exact) mass is 263 g/mol. The Labute approximate surface area is 111 Å². The van der Waals surface area contributed by atoms with Gasteiger partial charge in [-0.1, -0.05) is 6.92 Å². The van der Waals surface area contributed by atoms with Crippen LogP contribution in [-0.2, 0) is 4.79 Å². The number of aryl methyl sites for hydroxylation is 1. The SMILES string of the molecule is Cc1cc([N+](=O)[O-])ccc1NC(=O)C1CNCC1C. The summed E-state index contributed by atoms with van der Waals surface area (Å²) in [6.07, 6.45) is 0. The van der Waals surface area contributed by atoms with E-state index in [1.54, 1.807) is 13.0 Å². The van der Waals surface area contributed by atoms with E-state index in [2.05, 4.69) is 10.6 Å². The van der Waals surface area contributed by atoms with Crippen molar-refractivity contribution in [3.8, 4) is 0 Å². The van der Waals surface area contributed by atoms with E-state index < -0.39 is 4.92 Å². The van der Waals surface area contributed by atoms with Crippen LogP contribution in [0.5, 0.6) is 0 Å². The third kappa shape index (κ3) is 2.90. The Morgan fingerprint density at radius 3 is 2.74 bits per heavy atom. The molecule has 2 N–H and O–H groups in total. The summed E-state index contributed by atoms with van der Waals surface area (Å²) >= 11 is 0. The first-order valence-corrected chi connectivity index (χ1v) is 6.25. The number of benzene rings is 1. The second-order valence-corrected chi connectivity index (χ2v) is 4.99. The van der Waals surface area contributed by atoms with Crippen LogP contribution in [0, 0.1) is 28.9 Å². The van der Waals surface area contributed by atoms with E-state index in [0.29, 0.717) is 23.7 Å². The van der Waals surface area contributed by atoms with Crippen molar-refractivity contribution in [2.75, 3.05) is 18.4 Å². The van der Waals surface area contributed by atoms with Crippen LogP contribution in [-0.4, -0.2) is 23.9 Å². The predicted octanol–water partition coefficient (Wildman–Crippen LogP) is 1.70. The minimum atomic E-state index is -0.443. The van der Waals surface area contributed by atoms with E-state index in [-0.39, 0.29) is 17.5 Å². The van der Waals surface area contributed by atoms with Gasteiger partial charge in [-0.15, -0.1) is 0 Å². The Kier molecular flexibility index (Phi) is 3.80. The fraction of sp³-hybridized carbons (Fsp3) is 0.462. The molecule has 2 rings (SSSR count). The molecule has 1 fully saturated rings. The van der Waals surface area contributed by atoms with Crippen LogP contribution in [0.4, 0.5) is 11.4 Å². The quantitative estimate of drug-likeness (QED) is 0.642. The van der Waals surface area contributed by atoms with Crippen molar-refractivity contribution in [1.82, 2.24) is 5.32 Å². The van der Waals surface area contributed by atoms with E-state index in [4.69, 9.17) is 0 Å². The van der Waals surface area contributed by atoms with E-state index in [9.17, 15) is 14.9 Å². The second kappa shape index (κ2) is 5.36. The molecule has 102 valence electrons. The van der Waals surface area contributed by atoms with Crippen LogP contribution >= 0.6 is 0 Å². The molecule has 1 aliphatic heterocycles. The van der Waals surface area contributed by atoms with Gasteiger partial charge in [-0.25, -0.2) is 0 Å². The Morgan fingerprint density at radius 1 is 1.47 bits per heavy atom. The molecule has 0 saturated carbocycles. The molecule has 19 heavy (non-hydrogen) atoms. The van der Waals surface area contributed by atoms with Gasteiger partial charge in [0.15, 0.2) is 0 Å². The Morgan fingerprint density at radius 2 is 2.21 bits per heavy atom. The second-order valence-electron chi connectivity index (χ2n) is 4.99. The molecule has 1 heterocycles. The number of nitrogens with one attached hydrogen (secondary N) is 2. The molecule has 1 amide bonds. The van der Waals surface area contributed by atoms with Crippen molar-refractivity contribution < 1.29 is 9.72 Å². The summed E-state index contributed by atoms with van der Waals surface area (Å²) in [7, 11) is 0. The summed E-state index contributed by atoms with van der Waals surface area (Å²) in [5.74, 6) is 0.224. The summed E-state index contributed by atoms with van der Waals surface area (Å²) < 4.78 is 0. The molecule has 0 aliphatic carbocycles. The summed E-state index contributed by atoms with van der Waals surface area (Å²) in [6.45, 7) is 5.31. The molecule has 0 radical (unpaired) electrons. The highest BCUT2D eigenvalue weighted by Crippen LogP contribution is 2.23. The minimum Gasteiger partial charge on any atom is -0.326 e. The summed E-state index contributed by atoms with van der Waals surface area (Å²) in [4.78, 5) is 22.3. The lowest BCUT2D eigenvalue weighted by Gasteiger charge is -2.15. The van der Waals surface area contributed by atoms with Gasteiger partial charge < -0.3 is 10.6 Å². The van der Waals surface area contributed by atoms with Crippen LogP contribution in [0.3, 0.4) is 0 Å². The number of hydrogen-bond acceptors (Lipinski definition) is 4. The number of amides is 1. The third-order valence-corrected chi connectivity index (χ3v) is 3.53. The zero-order valence-electron chi connectivity index (χ0n) is 11.0. The average molecular weight is 263 g/mol. The largest absolute Gasteiger partial charge is 0.326 e. The minimum absolute atomic E-state index is 0.0329. The topological polar surface area (TPSA) is 84.3 Å². The van der Waals surface area contributed by atoms with Gasteiger partial charge in [-0.2, -0.15) is 0 Å². The first kappa shape index (κ1) is 13.5. The fourth-order valence-corrected chi connectivity index (χ4v) is 2.29. The van der Waals surface area contributed by atoms with Crippen molar-refractivity contribution in [3.63, 3.8) is 0 Å². The van der Waals surface area contributed by atoms with Crippen LogP contribution in [0.15, 0.2) is 18.2 Å². The van der Waals surface area contributed by atoms with Gasteiger partial charge in [0, 0.05) is 24.4 Å². The van der Waals surface area contributed by atoms with Crippen molar-refractivity contribution in [1.29, 1.82) is 0 Å². The number of carbonyl (C=O) groups excluding carboxylic acids is 1. The lowest BCUT2D eigenvalue weighted by atomic mass is 9.97. The van der Waals surface area contributed by atoms with Gasteiger partial charge in [-0.3, -0.25) is 14.9 Å². The van der Waals surface area contributed by atoms with Crippen molar-refractivity contribution in [3.05, 3.63) is 33.9 Å². The Balaban J connectivity index is 2.11. The Hall–Kier alpha value is -1.95. The predicted molar refractivity (Wildman–Crippen MR) is 72.0 cm³/mol. The van der Waals surface area contributed by atoms with Crippen LogP contribution in [0.25, 0.3) is 0 Å². The van der Waals surface area contributed by atoms with Crippen LogP contribution in [0.2, 0.25) is 0 Å². The molecule has 6 nitrogen and oxygen atoms in total. The van der Waals surface area contributed by atoms with E-state index in [0.717, 1.165) is 6.54 Å². The summed E-state index contributed by atoms with van der Waals surface area (Å²) in [5.41, 5.74) is 1.36.